The molecule has 1 aliphatic rings. The van der Waals surface area contributed by atoms with Gasteiger partial charge in [-0.15, -0.1) is 0 Å². The van der Waals surface area contributed by atoms with E-state index in [9.17, 15) is 9.59 Å². The van der Waals surface area contributed by atoms with Gasteiger partial charge < -0.3 is 11.1 Å². The van der Waals surface area contributed by atoms with E-state index in [2.05, 4.69) is 5.32 Å². The van der Waals surface area contributed by atoms with E-state index in [0.29, 0.717) is 12.2 Å². The van der Waals surface area contributed by atoms with Crippen LogP contribution in [-0.2, 0) is 13.6 Å². The van der Waals surface area contributed by atoms with Gasteiger partial charge in [-0.3, -0.25) is 13.9 Å². The highest BCUT2D eigenvalue weighted by Crippen LogP contribution is 2.22. The third-order valence-corrected chi connectivity index (χ3v) is 4.75. The Bertz CT molecular complexity index is 615. The molecule has 1 fully saturated rings. The van der Waals surface area contributed by atoms with Crippen LogP contribution in [0, 0.1) is 5.92 Å². The molecule has 0 spiro atoms. The van der Waals surface area contributed by atoms with E-state index in [-0.39, 0.29) is 29.0 Å². The monoisotopic (exact) mass is 312 g/mol. The lowest BCUT2D eigenvalue weighted by atomic mass is 10.1. The second kappa shape index (κ2) is 6.60. The molecule has 6 nitrogen and oxygen atoms in total. The molecular weight excluding hydrogens is 288 g/mol. The molecule has 118 valence electrons. The minimum Gasteiger partial charge on any atom is -0.383 e. The van der Waals surface area contributed by atoms with Gasteiger partial charge in [0.05, 0.1) is 0 Å². The van der Waals surface area contributed by atoms with E-state index >= 15 is 0 Å². The van der Waals surface area contributed by atoms with E-state index in [4.69, 9.17) is 5.73 Å². The molecule has 0 unspecified atom stereocenters. The molecule has 1 aliphatic heterocycles. The van der Waals surface area contributed by atoms with Gasteiger partial charge >= 0.3 is 5.69 Å². The van der Waals surface area contributed by atoms with Gasteiger partial charge in [0.25, 0.3) is 5.56 Å². The van der Waals surface area contributed by atoms with Gasteiger partial charge in [0.2, 0.25) is 0 Å². The van der Waals surface area contributed by atoms with Crippen LogP contribution in [0.5, 0.6) is 0 Å². The zero-order chi connectivity index (χ0) is 15.6. The van der Waals surface area contributed by atoms with E-state index in [1.807, 2.05) is 25.6 Å². The molecule has 2 rings (SSSR count). The minimum atomic E-state index is -0.351. The highest BCUT2D eigenvalue weighted by Gasteiger charge is 2.20. The lowest BCUT2D eigenvalue weighted by Gasteiger charge is -2.25. The maximum Gasteiger partial charge on any atom is 0.332 e. The zero-order valence-electron chi connectivity index (χ0n) is 12.9. The quantitative estimate of drug-likeness (QED) is 0.870. The molecule has 0 bridgehead atoms. The Morgan fingerprint density at radius 2 is 1.95 bits per heavy atom. The predicted molar refractivity (Wildman–Crippen MR) is 89.2 cm³/mol. The van der Waals surface area contributed by atoms with Crippen LogP contribution in [0.3, 0.4) is 0 Å². The van der Waals surface area contributed by atoms with Crippen molar-refractivity contribution >= 4 is 23.3 Å². The highest BCUT2D eigenvalue weighted by atomic mass is 32.2. The molecule has 0 radical (unpaired) electrons. The molecule has 7 heteroatoms. The van der Waals surface area contributed by atoms with Crippen molar-refractivity contribution in [1.29, 1.82) is 0 Å². The molecule has 0 amide bonds. The van der Waals surface area contributed by atoms with Crippen molar-refractivity contribution in [3.05, 3.63) is 20.8 Å². The van der Waals surface area contributed by atoms with E-state index in [0.717, 1.165) is 28.9 Å². The smallest absolute Gasteiger partial charge is 0.332 e. The van der Waals surface area contributed by atoms with Gasteiger partial charge in [-0.1, -0.05) is 13.8 Å². The summed E-state index contributed by atoms with van der Waals surface area (Å²) in [5.74, 6) is 2.71. The van der Waals surface area contributed by atoms with Crippen LogP contribution in [0.15, 0.2) is 9.59 Å². The Morgan fingerprint density at radius 3 is 2.52 bits per heavy atom. The molecular formula is C14H24N4O2S. The Morgan fingerprint density at radius 1 is 1.33 bits per heavy atom. The van der Waals surface area contributed by atoms with Crippen molar-refractivity contribution in [3.8, 4) is 0 Å². The van der Waals surface area contributed by atoms with Crippen molar-refractivity contribution in [1.82, 2.24) is 9.13 Å². The third kappa shape index (κ3) is 3.45. The molecule has 1 aromatic rings. The van der Waals surface area contributed by atoms with Crippen molar-refractivity contribution < 1.29 is 0 Å². The van der Waals surface area contributed by atoms with Crippen LogP contribution in [0.4, 0.5) is 11.5 Å². The number of rotatable bonds is 4. The molecule has 21 heavy (non-hydrogen) atoms. The zero-order valence-corrected chi connectivity index (χ0v) is 13.7. The van der Waals surface area contributed by atoms with Crippen LogP contribution < -0.4 is 22.3 Å². The van der Waals surface area contributed by atoms with Gasteiger partial charge in [-0.05, 0) is 30.3 Å². The number of hydrogen-bond acceptors (Lipinski definition) is 5. The molecule has 0 aromatic carbocycles. The second-order valence-electron chi connectivity index (χ2n) is 5.94. The largest absolute Gasteiger partial charge is 0.383 e. The second-order valence-corrected chi connectivity index (χ2v) is 7.17. The Kier molecular flexibility index (Phi) is 5.03. The van der Waals surface area contributed by atoms with Crippen LogP contribution in [0.25, 0.3) is 0 Å². The van der Waals surface area contributed by atoms with Crippen molar-refractivity contribution in [2.45, 2.75) is 39.3 Å². The highest BCUT2D eigenvalue weighted by molar-refractivity contribution is 7.99. The van der Waals surface area contributed by atoms with Gasteiger partial charge in [-0.25, -0.2) is 4.79 Å². The molecule has 2 heterocycles. The number of aromatic nitrogens is 2. The summed E-state index contributed by atoms with van der Waals surface area (Å²) in [6.07, 6.45) is 2.02. The summed E-state index contributed by atoms with van der Waals surface area (Å²) >= 11 is 1.92. The fraction of sp³-hybridized carbons (Fsp3) is 0.714. The lowest BCUT2D eigenvalue weighted by Crippen LogP contribution is -2.42. The minimum absolute atomic E-state index is 0.256. The Hall–Kier alpha value is -1.37. The summed E-state index contributed by atoms with van der Waals surface area (Å²) in [6, 6.07) is 0.256. The number of thioether (sulfide) groups is 1. The third-order valence-electron chi connectivity index (χ3n) is 3.70. The molecule has 1 saturated heterocycles. The topological polar surface area (TPSA) is 82.0 Å². The van der Waals surface area contributed by atoms with E-state index in [1.165, 1.54) is 11.6 Å². The van der Waals surface area contributed by atoms with Crippen molar-refractivity contribution in [3.63, 3.8) is 0 Å². The summed E-state index contributed by atoms with van der Waals surface area (Å²) in [7, 11) is 1.50. The normalized spacial score (nSPS) is 16.4. The van der Waals surface area contributed by atoms with Gasteiger partial charge in [-0.2, -0.15) is 11.8 Å². The van der Waals surface area contributed by atoms with Gasteiger partial charge in [0.15, 0.2) is 0 Å². The number of nitrogen functional groups attached to an aromatic ring is 1. The number of anilines is 2. The Balaban J connectivity index is 2.42. The summed E-state index contributed by atoms with van der Waals surface area (Å²) in [4.78, 5) is 24.5. The average molecular weight is 312 g/mol. The molecule has 3 N–H and O–H groups in total. The maximum atomic E-state index is 12.3. The van der Waals surface area contributed by atoms with Gasteiger partial charge in [0, 0.05) is 19.6 Å². The van der Waals surface area contributed by atoms with Gasteiger partial charge in [0.1, 0.15) is 11.5 Å². The van der Waals surface area contributed by atoms with Crippen LogP contribution in [-0.4, -0.2) is 26.7 Å². The van der Waals surface area contributed by atoms with Crippen LogP contribution in [0.2, 0.25) is 0 Å². The first-order valence-electron chi connectivity index (χ1n) is 7.35. The fourth-order valence-corrected chi connectivity index (χ4v) is 3.61. The molecule has 0 atom stereocenters. The summed E-state index contributed by atoms with van der Waals surface area (Å²) in [5, 5.41) is 3.27. The van der Waals surface area contributed by atoms with E-state index in [1.54, 1.807) is 0 Å². The summed E-state index contributed by atoms with van der Waals surface area (Å²) < 4.78 is 2.63. The summed E-state index contributed by atoms with van der Waals surface area (Å²) in [5.41, 5.74) is 5.78. The van der Waals surface area contributed by atoms with E-state index < -0.39 is 0 Å². The molecule has 0 saturated carbocycles. The maximum absolute atomic E-state index is 12.3. The van der Waals surface area contributed by atoms with Crippen molar-refractivity contribution in [2.75, 3.05) is 22.6 Å². The first kappa shape index (κ1) is 16.0. The number of nitrogens with two attached hydrogens (primary N) is 1. The predicted octanol–water partition coefficient (Wildman–Crippen LogP) is 1.09. The lowest BCUT2D eigenvalue weighted by molar-refractivity contribution is 0.493. The number of nitrogens with one attached hydrogen (secondary N) is 1. The number of hydrogen-bond donors (Lipinski definition) is 2. The fourth-order valence-electron chi connectivity index (χ4n) is 2.51. The standard InChI is InChI=1S/C14H24N4O2S/c1-9(2)8-18-12(15)11(13(19)17(3)14(18)20)16-10-4-6-21-7-5-10/h9-10,16H,4-8,15H2,1-3H3. The molecule has 0 aliphatic carbocycles. The number of nitrogens with zero attached hydrogens (tertiary/aromatic N) is 2. The molecule has 1 aromatic heterocycles. The SMILES string of the molecule is CC(C)Cn1c(N)c(NC2CCSCC2)c(=O)n(C)c1=O. The first-order valence-corrected chi connectivity index (χ1v) is 8.50. The average Bonchev–Trinajstić information content (AvgIpc) is 2.47. The van der Waals surface area contributed by atoms with Crippen LogP contribution >= 0.6 is 11.8 Å². The first-order chi connectivity index (χ1) is 9.91. The van der Waals surface area contributed by atoms with Crippen molar-refractivity contribution in [2.24, 2.45) is 13.0 Å². The Labute approximate surface area is 128 Å². The van der Waals surface area contributed by atoms with Crippen LogP contribution in [0.1, 0.15) is 26.7 Å². The summed E-state index contributed by atoms with van der Waals surface area (Å²) in [6.45, 7) is 4.54.